The zero-order chi connectivity index (χ0) is 28.4. The molecule has 0 unspecified atom stereocenters. The normalized spacial score (nSPS) is 12.4. The first-order valence-electron chi connectivity index (χ1n) is 13.3. The fourth-order valence-electron chi connectivity index (χ4n) is 5.47. The van der Waals surface area contributed by atoms with Crippen molar-refractivity contribution in [2.45, 2.75) is 46.1 Å². The van der Waals surface area contributed by atoms with Crippen molar-refractivity contribution in [1.82, 2.24) is 4.57 Å². The first kappa shape index (κ1) is 25.9. The number of anilines is 1. The molecule has 0 atom stereocenters. The van der Waals surface area contributed by atoms with Crippen LogP contribution in [0.25, 0.3) is 43.5 Å². The van der Waals surface area contributed by atoms with Crippen LogP contribution in [0, 0.1) is 17.3 Å². The van der Waals surface area contributed by atoms with Crippen LogP contribution in [-0.4, -0.2) is 4.57 Å². The number of pyridine rings is 1. The number of benzene rings is 3. The predicted octanol–water partition coefficient (Wildman–Crippen LogP) is 7.62. The zero-order valence-corrected chi connectivity index (χ0v) is 23.9. The topological polar surface area (TPSA) is 78.2 Å². The quantitative estimate of drug-likeness (QED) is 0.104. The van der Waals surface area contributed by atoms with Crippen molar-refractivity contribution in [1.29, 1.82) is 0 Å². The van der Waals surface area contributed by atoms with Gasteiger partial charge in [-0.15, -0.1) is 17.9 Å². The molecule has 0 aliphatic heterocycles. The van der Waals surface area contributed by atoms with E-state index in [0.29, 0.717) is 44.3 Å². The zero-order valence-electron chi connectivity index (χ0n) is 23.1. The van der Waals surface area contributed by atoms with Crippen LogP contribution in [0.5, 0.6) is 0 Å². The molecule has 6 rings (SSSR count). The number of allylic oxidation sites excluding steroid dienone is 1. The van der Waals surface area contributed by atoms with Gasteiger partial charge in [0.1, 0.15) is 5.58 Å². The Morgan fingerprint density at radius 2 is 1.62 bits per heavy atom. The number of aromatic nitrogens is 1. The van der Waals surface area contributed by atoms with Crippen molar-refractivity contribution >= 4 is 59.8 Å². The van der Waals surface area contributed by atoms with Gasteiger partial charge in [0.15, 0.2) is 5.58 Å². The van der Waals surface area contributed by atoms with Crippen molar-refractivity contribution in [3.63, 3.8) is 0 Å². The highest BCUT2D eigenvalue weighted by molar-refractivity contribution is 7.16. The monoisotopic (exact) mass is 546 g/mol. The number of hydrogen-bond acceptors (Lipinski definition) is 5. The number of nitrogen functional groups attached to an aromatic ring is 1. The smallest absolute Gasteiger partial charge is 0.261 e. The maximum absolute atomic E-state index is 14.2. The van der Waals surface area contributed by atoms with Crippen molar-refractivity contribution in [3.8, 4) is 11.8 Å². The average Bonchev–Trinajstić information content (AvgIpc) is 3.35. The summed E-state index contributed by atoms with van der Waals surface area (Å²) in [6, 6.07) is 17.1. The van der Waals surface area contributed by atoms with E-state index in [0.717, 1.165) is 27.5 Å². The number of para-hydroxylation sites is 1. The van der Waals surface area contributed by atoms with Gasteiger partial charge in [-0.25, -0.2) is 0 Å². The largest absolute Gasteiger partial charge is 0.455 e. The summed E-state index contributed by atoms with van der Waals surface area (Å²) in [5.74, 6) is 6.44. The highest BCUT2D eigenvalue weighted by Gasteiger charge is 2.30. The molecule has 0 saturated carbocycles. The third kappa shape index (κ3) is 4.09. The van der Waals surface area contributed by atoms with E-state index in [9.17, 15) is 9.59 Å². The minimum Gasteiger partial charge on any atom is -0.455 e. The molecule has 40 heavy (non-hydrogen) atoms. The van der Waals surface area contributed by atoms with Crippen LogP contribution in [-0.2, 0) is 5.54 Å². The van der Waals surface area contributed by atoms with Gasteiger partial charge in [0, 0.05) is 27.1 Å². The Labute approximate surface area is 235 Å². The number of hydrogen-bond donors (Lipinski definition) is 1. The van der Waals surface area contributed by atoms with E-state index in [1.54, 1.807) is 6.07 Å². The Bertz CT molecular complexity index is 2150. The molecule has 6 heteroatoms. The van der Waals surface area contributed by atoms with Gasteiger partial charge < -0.3 is 10.2 Å². The van der Waals surface area contributed by atoms with Gasteiger partial charge >= 0.3 is 0 Å². The van der Waals surface area contributed by atoms with E-state index in [1.807, 2.05) is 68.5 Å². The SMILES string of the molecule is C=CC(C)(C)CCC(C)(C)n1c(=O)c2ccc3c4ccccc4oc4c(C#Cc5ccc(N)s5)cc(c1=O)c2c43. The van der Waals surface area contributed by atoms with Gasteiger partial charge in [0.2, 0.25) is 0 Å². The number of fused-ring (bicyclic) bond motifs is 2. The maximum atomic E-state index is 14.2. The molecule has 5 nitrogen and oxygen atoms in total. The number of rotatable bonds is 5. The lowest BCUT2D eigenvalue weighted by molar-refractivity contribution is 0.263. The highest BCUT2D eigenvalue weighted by atomic mass is 32.1. The lowest BCUT2D eigenvalue weighted by Gasteiger charge is -2.31. The van der Waals surface area contributed by atoms with E-state index >= 15 is 0 Å². The molecular weight excluding hydrogens is 516 g/mol. The second kappa shape index (κ2) is 9.11. The van der Waals surface area contributed by atoms with Crippen LogP contribution in [0.3, 0.4) is 0 Å². The Hall–Kier alpha value is -4.34. The summed E-state index contributed by atoms with van der Waals surface area (Å²) < 4.78 is 7.87. The number of thiophene rings is 1. The fourth-order valence-corrected chi connectivity index (χ4v) is 6.10. The molecule has 200 valence electrons. The van der Waals surface area contributed by atoms with Crippen LogP contribution in [0.1, 0.15) is 51.0 Å². The van der Waals surface area contributed by atoms with Crippen LogP contribution in [0.2, 0.25) is 0 Å². The molecule has 0 saturated heterocycles. The predicted molar refractivity (Wildman–Crippen MR) is 168 cm³/mol. The van der Waals surface area contributed by atoms with Crippen molar-refractivity contribution < 1.29 is 4.42 Å². The van der Waals surface area contributed by atoms with Crippen molar-refractivity contribution in [2.75, 3.05) is 5.73 Å². The standard InChI is InChI=1S/C34H30N2O3S/c1-6-33(2,3)17-18-34(4,5)36-31(37)24-15-14-23-22-9-7-8-10-26(22)39-30-20(11-12-21-13-16-27(35)40-21)19-25(32(36)38)28(24)29(23)30/h6-10,13-16,19H,1,17-18,35H2,2-5H3. The summed E-state index contributed by atoms with van der Waals surface area (Å²) in [6.07, 6.45) is 3.34. The first-order valence-corrected chi connectivity index (χ1v) is 14.1. The summed E-state index contributed by atoms with van der Waals surface area (Å²) >= 11 is 1.40. The van der Waals surface area contributed by atoms with Crippen LogP contribution in [0.15, 0.2) is 81.3 Å². The summed E-state index contributed by atoms with van der Waals surface area (Å²) in [5.41, 5.74) is 6.35. The van der Waals surface area contributed by atoms with Crippen LogP contribution < -0.4 is 16.9 Å². The molecular formula is C34H30N2O3S. The minimum atomic E-state index is -0.712. The molecule has 0 aliphatic carbocycles. The molecule has 0 fully saturated rings. The maximum Gasteiger partial charge on any atom is 0.261 e. The van der Waals surface area contributed by atoms with Crippen molar-refractivity contribution in [3.05, 3.63) is 98.4 Å². The van der Waals surface area contributed by atoms with E-state index in [2.05, 4.69) is 32.3 Å². The fraction of sp³-hybridized carbons (Fsp3) is 0.235. The molecule has 6 aromatic rings. The first-order chi connectivity index (χ1) is 19.0. The lowest BCUT2D eigenvalue weighted by Crippen LogP contribution is -2.45. The molecule has 0 radical (unpaired) electrons. The number of nitrogens with two attached hydrogens (primary N) is 1. The van der Waals surface area contributed by atoms with E-state index in [-0.39, 0.29) is 16.5 Å². The summed E-state index contributed by atoms with van der Waals surface area (Å²) in [6.45, 7) is 12.1. The van der Waals surface area contributed by atoms with Crippen molar-refractivity contribution in [2.24, 2.45) is 5.41 Å². The second-order valence-corrected chi connectivity index (χ2v) is 12.8. The van der Waals surface area contributed by atoms with Gasteiger partial charge in [-0.2, -0.15) is 0 Å². The molecule has 0 spiro atoms. The summed E-state index contributed by atoms with van der Waals surface area (Å²) in [5, 5.41) is 4.85. The Balaban J connectivity index is 1.71. The van der Waals surface area contributed by atoms with E-state index in [4.69, 9.17) is 10.2 Å². The Morgan fingerprint density at radius 1 is 0.900 bits per heavy atom. The molecule has 0 aliphatic rings. The van der Waals surface area contributed by atoms with Gasteiger partial charge in [-0.3, -0.25) is 14.2 Å². The molecule has 3 heterocycles. The second-order valence-electron chi connectivity index (χ2n) is 11.7. The van der Waals surface area contributed by atoms with E-state index < -0.39 is 5.54 Å². The molecule has 3 aromatic carbocycles. The Kier molecular flexibility index (Phi) is 5.90. The van der Waals surface area contributed by atoms with E-state index in [1.165, 1.54) is 15.9 Å². The molecule has 2 N–H and O–H groups in total. The van der Waals surface area contributed by atoms with Gasteiger partial charge in [0.05, 0.1) is 20.8 Å². The molecule has 3 aromatic heterocycles. The third-order valence-corrected chi connectivity index (χ3v) is 8.81. The van der Waals surface area contributed by atoms with Crippen LogP contribution in [0.4, 0.5) is 5.00 Å². The summed E-state index contributed by atoms with van der Waals surface area (Å²) in [7, 11) is 0. The average molecular weight is 547 g/mol. The molecule has 0 amide bonds. The Morgan fingerprint density at radius 3 is 2.35 bits per heavy atom. The van der Waals surface area contributed by atoms with Gasteiger partial charge in [-0.05, 0) is 67.8 Å². The highest BCUT2D eigenvalue weighted by Crippen LogP contribution is 2.39. The van der Waals surface area contributed by atoms with Gasteiger partial charge in [0.25, 0.3) is 11.1 Å². The van der Waals surface area contributed by atoms with Crippen LogP contribution >= 0.6 is 11.3 Å². The summed E-state index contributed by atoms with van der Waals surface area (Å²) in [4.78, 5) is 29.1. The number of nitrogens with zero attached hydrogens (tertiary/aromatic N) is 1. The minimum absolute atomic E-state index is 0.115. The van der Waals surface area contributed by atoms with Gasteiger partial charge in [-0.1, -0.05) is 56.0 Å². The lowest BCUT2D eigenvalue weighted by atomic mass is 9.83. The third-order valence-electron chi connectivity index (χ3n) is 7.98. The molecule has 0 bridgehead atoms.